The number of carboxylic acid groups (broad SMARTS) is 1. The summed E-state index contributed by atoms with van der Waals surface area (Å²) in [5, 5.41) is 12.6. The van der Waals surface area contributed by atoms with Gasteiger partial charge in [-0.15, -0.1) is 0 Å². The largest absolute Gasteiger partial charge is 0.481 e. The summed E-state index contributed by atoms with van der Waals surface area (Å²) in [5.74, 6) is -0.499. The van der Waals surface area contributed by atoms with Gasteiger partial charge in [-0.25, -0.2) is 0 Å². The number of nitrogens with one attached hydrogen (secondary N) is 1. The van der Waals surface area contributed by atoms with Gasteiger partial charge in [0, 0.05) is 29.9 Å². The summed E-state index contributed by atoms with van der Waals surface area (Å²) in [5.41, 5.74) is 0.213. The van der Waals surface area contributed by atoms with E-state index in [0.717, 1.165) is 18.5 Å². The molecule has 0 aromatic heterocycles. The smallest absolute Gasteiger partial charge is 0.307 e. The van der Waals surface area contributed by atoms with E-state index in [1.54, 1.807) is 0 Å². The van der Waals surface area contributed by atoms with Crippen LogP contribution in [0.3, 0.4) is 0 Å². The number of Topliss-reactive ketones (excluding diaryl/α,β-unsaturated/α-hetero) is 1. The van der Waals surface area contributed by atoms with Gasteiger partial charge in [-0.1, -0.05) is 55.0 Å². The third-order valence-corrected chi connectivity index (χ3v) is 7.60. The van der Waals surface area contributed by atoms with Gasteiger partial charge in [0.15, 0.2) is 0 Å². The Kier molecular flexibility index (Phi) is 7.89. The van der Waals surface area contributed by atoms with E-state index in [0.29, 0.717) is 25.7 Å². The zero-order valence-corrected chi connectivity index (χ0v) is 17.0. The Bertz CT molecular complexity index is 684. The fourth-order valence-corrected chi connectivity index (χ4v) is 6.44. The highest BCUT2D eigenvalue weighted by Gasteiger charge is 2.63. The van der Waals surface area contributed by atoms with E-state index in [4.69, 9.17) is 0 Å². The highest BCUT2D eigenvalue weighted by atomic mass is 16.4. The number of hydrogen-bond acceptors (Lipinski definition) is 3. The molecule has 5 heteroatoms. The summed E-state index contributed by atoms with van der Waals surface area (Å²) in [6, 6.07) is 0. The number of allylic oxidation sites excluding steroid dienone is 2. The minimum Gasteiger partial charge on any atom is -0.481 e. The van der Waals surface area contributed by atoms with Crippen LogP contribution in [0, 0.1) is 34.5 Å². The van der Waals surface area contributed by atoms with Gasteiger partial charge in [0.05, 0.1) is 5.92 Å². The van der Waals surface area contributed by atoms with Crippen LogP contribution in [0.25, 0.3) is 0 Å². The van der Waals surface area contributed by atoms with E-state index in [2.05, 4.69) is 32.2 Å². The van der Waals surface area contributed by atoms with Gasteiger partial charge in [-0.05, 0) is 42.9 Å². The number of carboxylic acids is 1. The zero-order valence-electron chi connectivity index (χ0n) is 17.0. The molecule has 1 aliphatic heterocycles. The van der Waals surface area contributed by atoms with Crippen LogP contribution in [-0.4, -0.2) is 22.8 Å². The monoisotopic (exact) mass is 407 g/mol. The fraction of sp³-hybridized carbons (Fsp3) is 0.792. The molecule has 2 saturated carbocycles. The highest BCUT2D eigenvalue weighted by Crippen LogP contribution is 2.64. The molecule has 0 bridgehead atoms. The molecule has 166 valence electrons. The minimum atomic E-state index is -0.755. The topological polar surface area (TPSA) is 83.5 Å². The summed E-state index contributed by atoms with van der Waals surface area (Å²) in [6.45, 7) is 8.38. The van der Waals surface area contributed by atoms with Crippen molar-refractivity contribution < 1.29 is 19.5 Å². The lowest BCUT2D eigenvalue weighted by atomic mass is 9.48. The molecular formula is C24H41NO4. The van der Waals surface area contributed by atoms with Gasteiger partial charge < -0.3 is 10.4 Å². The summed E-state index contributed by atoms with van der Waals surface area (Å²) in [4.78, 5) is 36.6. The van der Waals surface area contributed by atoms with Gasteiger partial charge in [0.2, 0.25) is 5.91 Å². The van der Waals surface area contributed by atoms with Crippen LogP contribution >= 0.6 is 0 Å². The predicted molar refractivity (Wildman–Crippen MR) is 116 cm³/mol. The summed E-state index contributed by atoms with van der Waals surface area (Å²) in [6.07, 6.45) is 7.24. The molecule has 2 N–H and O–H groups in total. The minimum absolute atomic E-state index is 0. The van der Waals surface area contributed by atoms with Gasteiger partial charge in [0.25, 0.3) is 0 Å². The lowest BCUT2D eigenvalue weighted by Gasteiger charge is -2.55. The van der Waals surface area contributed by atoms with E-state index in [-0.39, 0.29) is 49.7 Å². The maximum Gasteiger partial charge on any atom is 0.307 e. The van der Waals surface area contributed by atoms with Crippen molar-refractivity contribution in [1.29, 1.82) is 0 Å². The first-order chi connectivity index (χ1) is 12.7. The number of ketones is 1. The number of carbonyl (C=O) groups excluding carboxylic acids is 2. The van der Waals surface area contributed by atoms with E-state index < -0.39 is 17.3 Å². The highest BCUT2D eigenvalue weighted by molar-refractivity contribution is 5.87. The molecule has 0 aromatic rings. The Balaban J connectivity index is 0.000000794. The van der Waals surface area contributed by atoms with E-state index in [1.807, 2.05) is 6.92 Å². The number of fused-ring (bicyclic) bond motifs is 5. The lowest BCUT2D eigenvalue weighted by molar-refractivity contribution is -0.154. The molecule has 3 fully saturated rings. The van der Waals surface area contributed by atoms with Crippen LogP contribution in [0.4, 0.5) is 0 Å². The van der Waals surface area contributed by atoms with Crippen LogP contribution in [-0.2, 0) is 14.4 Å². The van der Waals surface area contributed by atoms with Gasteiger partial charge in [-0.2, -0.15) is 0 Å². The molecule has 3 aliphatic carbocycles. The average molecular weight is 408 g/mol. The van der Waals surface area contributed by atoms with E-state index in [9.17, 15) is 19.5 Å². The molecule has 0 spiro atoms. The van der Waals surface area contributed by atoms with Gasteiger partial charge >= 0.3 is 5.97 Å². The molecule has 1 saturated heterocycles. The van der Waals surface area contributed by atoms with Crippen LogP contribution in [0.1, 0.15) is 87.5 Å². The molecule has 6 unspecified atom stereocenters. The summed E-state index contributed by atoms with van der Waals surface area (Å²) in [7, 11) is 0. The maximum absolute atomic E-state index is 13.2. The van der Waals surface area contributed by atoms with Crippen molar-refractivity contribution in [1.82, 2.24) is 5.32 Å². The molecule has 1 amide bonds. The third-order valence-electron chi connectivity index (χ3n) is 7.60. The van der Waals surface area contributed by atoms with Crippen molar-refractivity contribution in [3.63, 3.8) is 0 Å². The molecule has 4 aliphatic rings. The van der Waals surface area contributed by atoms with Crippen LogP contribution in [0.15, 0.2) is 11.8 Å². The number of carbonyl (C=O) groups is 3. The van der Waals surface area contributed by atoms with Gasteiger partial charge in [0.1, 0.15) is 5.78 Å². The number of hydrogen-bond donors (Lipinski definition) is 2. The Morgan fingerprint density at radius 2 is 1.83 bits per heavy atom. The number of rotatable bonds is 1. The Morgan fingerprint density at radius 3 is 2.41 bits per heavy atom. The molecule has 29 heavy (non-hydrogen) atoms. The van der Waals surface area contributed by atoms with Crippen molar-refractivity contribution in [3.05, 3.63) is 11.8 Å². The van der Waals surface area contributed by atoms with Crippen molar-refractivity contribution in [2.75, 3.05) is 0 Å². The Hall–Kier alpha value is -1.65. The van der Waals surface area contributed by atoms with Crippen molar-refractivity contribution >= 4 is 17.7 Å². The third kappa shape index (κ3) is 3.89. The molecule has 0 radical (unpaired) electrons. The van der Waals surface area contributed by atoms with Crippen molar-refractivity contribution in [3.8, 4) is 0 Å². The summed E-state index contributed by atoms with van der Waals surface area (Å²) >= 11 is 0. The number of piperidine rings is 1. The molecule has 1 heterocycles. The molecular weight excluding hydrogens is 366 g/mol. The second-order valence-electron chi connectivity index (χ2n) is 9.39. The first-order valence-electron chi connectivity index (χ1n) is 10.4. The fourth-order valence-electron chi connectivity index (χ4n) is 6.44. The van der Waals surface area contributed by atoms with Gasteiger partial charge in [-0.3, -0.25) is 14.4 Å². The molecule has 4 rings (SSSR count). The number of amides is 1. The quantitative estimate of drug-likeness (QED) is 0.626. The lowest BCUT2D eigenvalue weighted by Crippen LogP contribution is -2.57. The molecule has 5 nitrogen and oxygen atoms in total. The zero-order chi connectivity index (χ0) is 20.0. The predicted octanol–water partition coefficient (Wildman–Crippen LogP) is 5.20. The van der Waals surface area contributed by atoms with Crippen LogP contribution < -0.4 is 5.32 Å². The SMILES string of the molecule is C.C.CC12CCC(=O)NC1=CCC1C2C(=O)CC2(C)C(C(=O)O)CCC12.CCC. The second-order valence-corrected chi connectivity index (χ2v) is 9.39. The second kappa shape index (κ2) is 9.01. The normalized spacial score (nSPS) is 39.7. The first kappa shape index (κ1) is 25.4. The first-order valence-corrected chi connectivity index (χ1v) is 10.4. The van der Waals surface area contributed by atoms with Crippen molar-refractivity contribution in [2.45, 2.75) is 87.5 Å². The maximum atomic E-state index is 13.2. The van der Waals surface area contributed by atoms with Crippen LogP contribution in [0.2, 0.25) is 0 Å². The Morgan fingerprint density at radius 1 is 1.21 bits per heavy atom. The van der Waals surface area contributed by atoms with E-state index in [1.165, 1.54) is 6.42 Å². The molecule has 6 atom stereocenters. The average Bonchev–Trinajstić information content (AvgIpc) is 2.92. The van der Waals surface area contributed by atoms with Crippen molar-refractivity contribution in [2.24, 2.45) is 34.5 Å². The Labute approximate surface area is 176 Å². The van der Waals surface area contributed by atoms with Crippen LogP contribution in [0.5, 0.6) is 0 Å². The molecule has 0 aromatic carbocycles. The number of aliphatic carboxylic acids is 1. The standard InChI is InChI=1S/C19H25NO4.C3H8.2CH4/c1-18-8-7-15(22)20-14(18)6-3-10-11-4-5-12(17(23)24)19(11,2)9-13(21)16(10)18;1-3-2;;/h6,10-12,16H,3-5,7-9H2,1-2H3,(H,20,22)(H,23,24);3H2,1-2H3;2*1H4. The van der Waals surface area contributed by atoms with E-state index >= 15 is 0 Å². The summed E-state index contributed by atoms with van der Waals surface area (Å²) < 4.78 is 0.